The molecule has 110 valence electrons. The lowest BCUT2D eigenvalue weighted by Gasteiger charge is -2.07. The molecule has 0 atom stereocenters. The van der Waals surface area contributed by atoms with Crippen molar-refractivity contribution in [3.8, 4) is 5.75 Å². The van der Waals surface area contributed by atoms with Crippen molar-refractivity contribution in [1.29, 1.82) is 0 Å². The fraction of sp³-hybridized carbons (Fsp3) is 0.333. The summed E-state index contributed by atoms with van der Waals surface area (Å²) in [5.74, 6) is 0.911. The van der Waals surface area contributed by atoms with Crippen LogP contribution < -0.4 is 22.5 Å². The minimum Gasteiger partial charge on any atom is -1.00 e. The zero-order chi connectivity index (χ0) is 13.3. The first-order valence-corrected chi connectivity index (χ1v) is 7.20. The van der Waals surface area contributed by atoms with E-state index in [1.165, 1.54) is 10.4 Å². The van der Waals surface area contributed by atoms with E-state index in [4.69, 9.17) is 9.47 Å². The summed E-state index contributed by atoms with van der Waals surface area (Å²) >= 11 is 1.71. The molecule has 3 nitrogen and oxygen atoms in total. The lowest BCUT2D eigenvalue weighted by molar-refractivity contribution is -0.00000456. The molecule has 0 saturated heterocycles. The minimum absolute atomic E-state index is 0. The van der Waals surface area contributed by atoms with Gasteiger partial charge in [0.1, 0.15) is 12.4 Å². The first-order valence-electron chi connectivity index (χ1n) is 6.32. The van der Waals surface area contributed by atoms with Crippen molar-refractivity contribution in [3.63, 3.8) is 0 Å². The zero-order valence-electron chi connectivity index (χ0n) is 11.5. The molecule has 0 bridgehead atoms. The predicted octanol–water partition coefficient (Wildman–Crippen LogP) is 0.0671. The number of methoxy groups -OCH3 is 1. The van der Waals surface area contributed by atoms with Crippen molar-refractivity contribution >= 4 is 11.3 Å². The van der Waals surface area contributed by atoms with Crippen molar-refractivity contribution in [2.75, 3.05) is 20.3 Å². The lowest BCUT2D eigenvalue weighted by atomic mass is 10.2. The van der Waals surface area contributed by atoms with Crippen molar-refractivity contribution in [3.05, 3.63) is 52.2 Å². The fourth-order valence-electron chi connectivity index (χ4n) is 1.66. The molecular weight excluding hydrogens is 294 g/mol. The third kappa shape index (κ3) is 5.92. The Labute approximate surface area is 130 Å². The Bertz CT molecular complexity index is 459. The van der Waals surface area contributed by atoms with Gasteiger partial charge < -0.3 is 27.2 Å². The minimum atomic E-state index is 0. The molecule has 0 radical (unpaired) electrons. The van der Waals surface area contributed by atoms with Crippen LogP contribution >= 0.6 is 11.3 Å². The van der Waals surface area contributed by atoms with E-state index in [0.717, 1.165) is 25.4 Å². The Balaban J connectivity index is 0.00000200. The zero-order valence-corrected chi connectivity index (χ0v) is 13.0. The molecule has 0 aliphatic rings. The molecule has 0 unspecified atom stereocenters. The Kier molecular flexibility index (Phi) is 8.30. The van der Waals surface area contributed by atoms with Gasteiger partial charge in [0.05, 0.1) is 6.61 Å². The first kappa shape index (κ1) is 17.0. The number of ether oxygens (including phenoxy) is 2. The Hall–Kier alpha value is -1.07. The summed E-state index contributed by atoms with van der Waals surface area (Å²) in [6.07, 6.45) is 0. The van der Waals surface area contributed by atoms with Gasteiger partial charge >= 0.3 is 0 Å². The highest BCUT2D eigenvalue weighted by atomic mass is 35.5. The number of hydrogen-bond donors (Lipinski definition) is 1. The molecule has 2 rings (SSSR count). The molecule has 5 heteroatoms. The number of benzene rings is 1. The van der Waals surface area contributed by atoms with Crippen molar-refractivity contribution in [1.82, 2.24) is 5.32 Å². The summed E-state index contributed by atoms with van der Waals surface area (Å²) < 4.78 is 10.7. The maximum Gasteiger partial charge on any atom is 0.122 e. The van der Waals surface area contributed by atoms with Gasteiger partial charge in [-0.25, -0.2) is 0 Å². The van der Waals surface area contributed by atoms with Gasteiger partial charge in [0, 0.05) is 25.1 Å². The van der Waals surface area contributed by atoms with Gasteiger partial charge in [-0.15, -0.1) is 11.3 Å². The molecule has 0 aliphatic carbocycles. The number of nitrogens with one attached hydrogen (secondary N) is 1. The van der Waals surface area contributed by atoms with Gasteiger partial charge in [-0.1, -0.05) is 18.2 Å². The van der Waals surface area contributed by atoms with Crippen molar-refractivity contribution in [2.24, 2.45) is 0 Å². The number of rotatable bonds is 8. The third-order valence-corrected chi connectivity index (χ3v) is 3.55. The van der Waals surface area contributed by atoms with Crippen LogP contribution in [-0.2, 0) is 17.9 Å². The largest absolute Gasteiger partial charge is 1.00 e. The monoisotopic (exact) mass is 312 g/mol. The molecule has 0 amide bonds. The Morgan fingerprint density at radius 2 is 1.95 bits per heavy atom. The van der Waals surface area contributed by atoms with E-state index in [0.29, 0.717) is 6.61 Å². The SMILES string of the molecule is COCCNCc1ccc(OCc2cccs2)cc1.[Cl-]. The van der Waals surface area contributed by atoms with Crippen LogP contribution in [0.15, 0.2) is 41.8 Å². The third-order valence-electron chi connectivity index (χ3n) is 2.70. The molecule has 20 heavy (non-hydrogen) atoms. The van der Waals surface area contributed by atoms with E-state index in [1.807, 2.05) is 18.2 Å². The van der Waals surface area contributed by atoms with Crippen LogP contribution in [0.3, 0.4) is 0 Å². The fourth-order valence-corrected chi connectivity index (χ4v) is 2.28. The Morgan fingerprint density at radius 1 is 1.15 bits per heavy atom. The van der Waals surface area contributed by atoms with Crippen LogP contribution in [0.2, 0.25) is 0 Å². The molecule has 1 aromatic carbocycles. The van der Waals surface area contributed by atoms with Crippen LogP contribution in [0.4, 0.5) is 0 Å². The number of thiophene rings is 1. The molecule has 0 spiro atoms. The van der Waals surface area contributed by atoms with Crippen LogP contribution in [0, 0.1) is 0 Å². The van der Waals surface area contributed by atoms with E-state index >= 15 is 0 Å². The second-order valence-electron chi connectivity index (χ2n) is 4.18. The summed E-state index contributed by atoms with van der Waals surface area (Å²) in [6.45, 7) is 3.10. The smallest absolute Gasteiger partial charge is 0.122 e. The van der Waals surface area contributed by atoms with E-state index in [9.17, 15) is 0 Å². The molecule has 1 N–H and O–H groups in total. The van der Waals surface area contributed by atoms with Gasteiger partial charge in [-0.3, -0.25) is 0 Å². The van der Waals surface area contributed by atoms with E-state index < -0.39 is 0 Å². The summed E-state index contributed by atoms with van der Waals surface area (Å²) in [5.41, 5.74) is 1.25. The van der Waals surface area contributed by atoms with Gasteiger partial charge in [0.25, 0.3) is 0 Å². The van der Waals surface area contributed by atoms with Crippen molar-refractivity contribution in [2.45, 2.75) is 13.2 Å². The van der Waals surface area contributed by atoms with Gasteiger partial charge in [0.2, 0.25) is 0 Å². The van der Waals surface area contributed by atoms with Crippen LogP contribution in [0.25, 0.3) is 0 Å². The topological polar surface area (TPSA) is 30.5 Å². The van der Waals surface area contributed by atoms with Crippen LogP contribution in [0.5, 0.6) is 5.75 Å². The van der Waals surface area contributed by atoms with Crippen molar-refractivity contribution < 1.29 is 21.9 Å². The standard InChI is InChI=1S/C15H19NO2S.ClH/c1-17-9-8-16-11-13-4-6-14(7-5-13)18-12-15-3-2-10-19-15;/h2-7,10,16H,8-9,11-12H2,1H3;1H/p-1. The van der Waals surface area contributed by atoms with Gasteiger partial charge in [0.15, 0.2) is 0 Å². The molecule has 1 aromatic heterocycles. The van der Waals surface area contributed by atoms with Crippen LogP contribution in [0.1, 0.15) is 10.4 Å². The first-order chi connectivity index (χ1) is 9.38. The number of halogens is 1. The van der Waals surface area contributed by atoms with Gasteiger partial charge in [-0.2, -0.15) is 0 Å². The highest BCUT2D eigenvalue weighted by Gasteiger charge is 1.98. The average molecular weight is 313 g/mol. The molecular formula is C15H19ClNO2S-. The second kappa shape index (κ2) is 9.77. The molecule has 0 aliphatic heterocycles. The Morgan fingerprint density at radius 3 is 2.60 bits per heavy atom. The molecule has 0 fully saturated rings. The van der Waals surface area contributed by atoms with Gasteiger partial charge in [-0.05, 0) is 29.1 Å². The maximum atomic E-state index is 5.72. The average Bonchev–Trinajstić information content (AvgIpc) is 2.96. The predicted molar refractivity (Wildman–Crippen MR) is 78.7 cm³/mol. The number of hydrogen-bond acceptors (Lipinski definition) is 4. The quantitative estimate of drug-likeness (QED) is 0.700. The summed E-state index contributed by atoms with van der Waals surface area (Å²) in [7, 11) is 1.71. The van der Waals surface area contributed by atoms with E-state index in [-0.39, 0.29) is 12.4 Å². The summed E-state index contributed by atoms with van der Waals surface area (Å²) in [5, 5.41) is 5.38. The highest BCUT2D eigenvalue weighted by molar-refractivity contribution is 7.09. The highest BCUT2D eigenvalue weighted by Crippen LogP contribution is 2.16. The van der Waals surface area contributed by atoms with E-state index in [2.05, 4.69) is 28.9 Å². The summed E-state index contributed by atoms with van der Waals surface area (Å²) in [4.78, 5) is 1.24. The second-order valence-corrected chi connectivity index (χ2v) is 5.21. The lowest BCUT2D eigenvalue weighted by Crippen LogP contribution is -3.00. The summed E-state index contributed by atoms with van der Waals surface area (Å²) in [6, 6.07) is 12.3. The van der Waals surface area contributed by atoms with E-state index in [1.54, 1.807) is 18.4 Å². The molecule has 0 saturated carbocycles. The molecule has 2 aromatic rings. The maximum absolute atomic E-state index is 5.72. The molecule has 1 heterocycles. The van der Waals surface area contributed by atoms with Crippen LogP contribution in [-0.4, -0.2) is 20.3 Å². The normalized spacial score (nSPS) is 10.1.